The zero-order chi connectivity index (χ0) is 22.7. The van der Waals surface area contributed by atoms with Crippen molar-refractivity contribution >= 4 is 13.2 Å². The van der Waals surface area contributed by atoms with Crippen molar-refractivity contribution in [2.24, 2.45) is 11.8 Å². The Bertz CT molecular complexity index is 773. The van der Waals surface area contributed by atoms with Gasteiger partial charge >= 0.3 is 0 Å². The van der Waals surface area contributed by atoms with Crippen LogP contribution < -0.4 is 0 Å². The maximum absolute atomic E-state index is 12.6. The Hall–Kier alpha value is -1.52. The lowest BCUT2D eigenvalue weighted by Gasteiger charge is -2.20. The number of allylic oxidation sites excluding steroid dienone is 2. The van der Waals surface area contributed by atoms with Gasteiger partial charge in [0, 0.05) is 51.2 Å². The first-order chi connectivity index (χ1) is 14.9. The molecular weight excluding hydrogens is 411 g/mol. The average Bonchev–Trinajstić information content (AvgIpc) is 3.08. The highest BCUT2D eigenvalue weighted by Crippen LogP contribution is 2.40. The highest BCUT2D eigenvalue weighted by molar-refractivity contribution is 7.57. The second-order valence-corrected chi connectivity index (χ2v) is 11.0. The molecular formula is C25H37O5P. The predicted molar refractivity (Wildman–Crippen MR) is 126 cm³/mol. The van der Waals surface area contributed by atoms with Crippen molar-refractivity contribution < 1.29 is 23.7 Å². The highest BCUT2D eigenvalue weighted by atomic mass is 31.2. The van der Waals surface area contributed by atoms with Crippen LogP contribution in [0.4, 0.5) is 0 Å². The Morgan fingerprint density at radius 3 is 2.61 bits per heavy atom. The molecule has 0 aliphatic heterocycles. The van der Waals surface area contributed by atoms with Crippen LogP contribution in [0.25, 0.3) is 0 Å². The average molecular weight is 449 g/mol. The van der Waals surface area contributed by atoms with Crippen molar-refractivity contribution in [1.82, 2.24) is 0 Å². The Balaban J connectivity index is 1.95. The van der Waals surface area contributed by atoms with E-state index < -0.39 is 7.37 Å². The number of rotatable bonds is 13. The van der Waals surface area contributed by atoms with Crippen LogP contribution in [0.2, 0.25) is 0 Å². The van der Waals surface area contributed by atoms with Crippen LogP contribution in [0.1, 0.15) is 38.2 Å². The van der Waals surface area contributed by atoms with E-state index in [4.69, 9.17) is 9.47 Å². The van der Waals surface area contributed by atoms with Crippen molar-refractivity contribution in [2.45, 2.75) is 51.2 Å². The molecule has 0 heterocycles. The van der Waals surface area contributed by atoms with Gasteiger partial charge in [0.25, 0.3) is 0 Å². The molecule has 0 radical (unpaired) electrons. The summed E-state index contributed by atoms with van der Waals surface area (Å²) in [7, 11) is 0.419. The van der Waals surface area contributed by atoms with Gasteiger partial charge in [-0.3, -0.25) is 9.36 Å². The fourth-order valence-electron chi connectivity index (χ4n) is 4.05. The molecule has 1 N–H and O–H groups in total. The van der Waals surface area contributed by atoms with Crippen LogP contribution in [0.5, 0.6) is 0 Å². The summed E-state index contributed by atoms with van der Waals surface area (Å²) in [6.07, 6.45) is 12.0. The Labute approximate surface area is 187 Å². The first-order valence-corrected chi connectivity index (χ1v) is 13.2. The Morgan fingerprint density at radius 1 is 1.23 bits per heavy atom. The first kappa shape index (κ1) is 25.7. The molecule has 0 bridgehead atoms. The summed E-state index contributed by atoms with van der Waals surface area (Å²) in [6, 6.07) is 10.2. The van der Waals surface area contributed by atoms with E-state index in [1.165, 1.54) is 5.56 Å². The molecule has 1 fully saturated rings. The third kappa shape index (κ3) is 8.50. The summed E-state index contributed by atoms with van der Waals surface area (Å²) in [5, 5.41) is 0. The number of hydrogen-bond donors (Lipinski definition) is 1. The van der Waals surface area contributed by atoms with Crippen LogP contribution in [0, 0.1) is 11.8 Å². The molecule has 1 aromatic carbocycles. The predicted octanol–water partition coefficient (Wildman–Crippen LogP) is 5.04. The van der Waals surface area contributed by atoms with E-state index in [9.17, 15) is 14.3 Å². The number of carbonyl (C=O) groups excluding carboxylic acids is 1. The maximum Gasteiger partial charge on any atom is 0.200 e. The van der Waals surface area contributed by atoms with Crippen molar-refractivity contribution in [1.29, 1.82) is 0 Å². The molecule has 5 atom stereocenters. The number of methoxy groups -OCH3 is 2. The van der Waals surface area contributed by atoms with Gasteiger partial charge < -0.3 is 14.4 Å². The fourth-order valence-corrected chi connectivity index (χ4v) is 5.04. The number of ether oxygens (including phenoxy) is 2. The summed E-state index contributed by atoms with van der Waals surface area (Å²) < 4.78 is 22.9. The van der Waals surface area contributed by atoms with Gasteiger partial charge in [-0.1, -0.05) is 61.6 Å². The third-order valence-electron chi connectivity index (χ3n) is 6.07. The minimum absolute atomic E-state index is 0.0216. The second kappa shape index (κ2) is 13.1. The molecule has 2 rings (SSSR count). The third-order valence-corrected chi connectivity index (χ3v) is 8.08. The molecule has 0 aromatic heterocycles. The minimum atomic E-state index is -2.95. The number of Topliss-reactive ketones (excluding diaryl/α,β-unsaturated/α-hetero) is 1. The smallest absolute Gasteiger partial charge is 0.200 e. The fraction of sp³-hybridized carbons (Fsp3) is 0.560. The van der Waals surface area contributed by atoms with E-state index in [0.717, 1.165) is 12.8 Å². The summed E-state index contributed by atoms with van der Waals surface area (Å²) in [6.45, 7) is 1.75. The van der Waals surface area contributed by atoms with Gasteiger partial charge in [-0.25, -0.2) is 0 Å². The van der Waals surface area contributed by atoms with E-state index in [1.807, 2.05) is 30.4 Å². The van der Waals surface area contributed by atoms with E-state index >= 15 is 0 Å². The van der Waals surface area contributed by atoms with Gasteiger partial charge in [0.1, 0.15) is 5.78 Å². The quantitative estimate of drug-likeness (QED) is 0.260. The molecule has 6 heteroatoms. The topological polar surface area (TPSA) is 72.8 Å². The van der Waals surface area contributed by atoms with Crippen molar-refractivity contribution in [3.63, 3.8) is 0 Å². The number of hydrogen-bond acceptors (Lipinski definition) is 4. The number of unbranched alkanes of at least 4 members (excludes halogenated alkanes) is 1. The van der Waals surface area contributed by atoms with Crippen LogP contribution in [0.15, 0.2) is 54.6 Å². The van der Waals surface area contributed by atoms with Crippen molar-refractivity contribution in [3.05, 3.63) is 60.2 Å². The molecule has 1 aliphatic carbocycles. The van der Waals surface area contributed by atoms with E-state index in [0.29, 0.717) is 31.6 Å². The summed E-state index contributed by atoms with van der Waals surface area (Å²) in [5.74, 6) is 0.147. The Kier molecular flexibility index (Phi) is 10.9. The number of ketones is 1. The maximum atomic E-state index is 12.6. The van der Waals surface area contributed by atoms with Gasteiger partial charge in [-0.15, -0.1) is 0 Å². The molecule has 0 spiro atoms. The molecule has 1 saturated carbocycles. The van der Waals surface area contributed by atoms with Crippen molar-refractivity contribution in [2.75, 3.05) is 26.5 Å². The summed E-state index contributed by atoms with van der Waals surface area (Å²) >= 11 is 0. The zero-order valence-corrected chi connectivity index (χ0v) is 19.9. The lowest BCUT2D eigenvalue weighted by molar-refractivity contribution is -0.121. The van der Waals surface area contributed by atoms with Crippen LogP contribution >= 0.6 is 7.37 Å². The van der Waals surface area contributed by atoms with Gasteiger partial charge in [0.05, 0.1) is 12.2 Å². The van der Waals surface area contributed by atoms with Crippen LogP contribution in [0.3, 0.4) is 0 Å². The minimum Gasteiger partial charge on any atom is -0.380 e. The summed E-state index contributed by atoms with van der Waals surface area (Å²) in [5.41, 5.74) is 1.21. The second-order valence-electron chi connectivity index (χ2n) is 8.21. The van der Waals surface area contributed by atoms with Gasteiger partial charge in [0.15, 0.2) is 7.37 Å². The number of benzene rings is 1. The molecule has 1 aliphatic rings. The normalized spacial score (nSPS) is 24.8. The largest absolute Gasteiger partial charge is 0.380 e. The molecule has 31 heavy (non-hydrogen) atoms. The molecule has 5 nitrogen and oxygen atoms in total. The first-order valence-electron chi connectivity index (χ1n) is 11.2. The lowest BCUT2D eigenvalue weighted by Crippen LogP contribution is -2.21. The lowest BCUT2D eigenvalue weighted by atomic mass is 9.90. The highest BCUT2D eigenvalue weighted by Gasteiger charge is 2.40. The Morgan fingerprint density at radius 2 is 1.97 bits per heavy atom. The zero-order valence-electron chi connectivity index (χ0n) is 19.0. The van der Waals surface area contributed by atoms with Crippen LogP contribution in [-0.4, -0.2) is 49.4 Å². The van der Waals surface area contributed by atoms with Crippen molar-refractivity contribution in [3.8, 4) is 0 Å². The molecule has 1 aromatic rings. The van der Waals surface area contributed by atoms with Crippen LogP contribution in [-0.2, 0) is 25.3 Å². The van der Waals surface area contributed by atoms with Gasteiger partial charge in [-0.05, 0) is 24.8 Å². The van der Waals surface area contributed by atoms with E-state index in [1.54, 1.807) is 21.1 Å². The molecule has 172 valence electrons. The number of carbonyl (C=O) groups is 1. The van der Waals surface area contributed by atoms with Gasteiger partial charge in [-0.2, -0.15) is 0 Å². The SMILES string of the molecule is CCP(=O)(O)CCC/C=C\C[C@H]1C(=O)CC(OC)[C@@H]1/C=C/C(Cc1ccccc1)OC. The molecule has 0 saturated heterocycles. The van der Waals surface area contributed by atoms with E-state index in [-0.39, 0.29) is 29.8 Å². The molecule has 0 amide bonds. The molecule has 3 unspecified atom stereocenters. The standard InChI is InChI=1S/C25H37O5P/c1-4-31(27,28)17-11-6-5-10-14-22-23(25(30-3)19-24(22)26)16-15-21(29-2)18-20-12-8-7-9-13-20/h5,7-10,12-13,15-16,21-23,25H,4,6,11,14,17-19H2,1-3H3,(H,27,28)/b10-5-,16-15+/t21?,22-,23-,25?/m1/s1. The van der Waals surface area contributed by atoms with E-state index in [2.05, 4.69) is 24.3 Å². The van der Waals surface area contributed by atoms with Gasteiger partial charge in [0.2, 0.25) is 0 Å². The monoisotopic (exact) mass is 448 g/mol. The summed E-state index contributed by atoms with van der Waals surface area (Å²) in [4.78, 5) is 22.3.